The van der Waals surface area contributed by atoms with E-state index < -0.39 is 23.1 Å². The van der Waals surface area contributed by atoms with E-state index in [2.05, 4.69) is 10.3 Å². The Morgan fingerprint density at radius 1 is 1.10 bits per heavy atom. The third-order valence-electron chi connectivity index (χ3n) is 2.65. The van der Waals surface area contributed by atoms with Crippen LogP contribution in [-0.2, 0) is 0 Å². The summed E-state index contributed by atoms with van der Waals surface area (Å²) >= 11 is 0. The second-order valence-corrected chi connectivity index (χ2v) is 4.12. The molecule has 0 aliphatic heterocycles. The predicted molar refractivity (Wildman–Crippen MR) is 68.0 cm³/mol. The minimum atomic E-state index is -1.30. The number of rotatable bonds is 2. The number of hydrogen-bond acceptors (Lipinski definition) is 4. The molecule has 3 aromatic rings. The molecule has 0 saturated heterocycles. The van der Waals surface area contributed by atoms with Gasteiger partial charge in [-0.15, -0.1) is 0 Å². The highest BCUT2D eigenvalue weighted by atomic mass is 19.2. The van der Waals surface area contributed by atoms with Gasteiger partial charge in [-0.25, -0.2) is 13.2 Å². The van der Waals surface area contributed by atoms with Crippen molar-refractivity contribution in [1.29, 1.82) is 0 Å². The smallest absolute Gasteiger partial charge is 0.300 e. The van der Waals surface area contributed by atoms with Gasteiger partial charge in [-0.3, -0.25) is 0 Å². The molecular weight excluding hydrogens is 271 g/mol. The summed E-state index contributed by atoms with van der Waals surface area (Å²) in [5, 5.41) is 2.39. The average molecular weight is 279 g/mol. The number of nitrogen functional groups attached to an aromatic ring is 1. The molecule has 0 atom stereocenters. The van der Waals surface area contributed by atoms with Crippen molar-refractivity contribution >= 4 is 28.5 Å². The Morgan fingerprint density at radius 2 is 1.90 bits per heavy atom. The topological polar surface area (TPSA) is 64.1 Å². The lowest BCUT2D eigenvalue weighted by atomic mass is 10.3. The highest BCUT2D eigenvalue weighted by Crippen LogP contribution is 2.26. The standard InChI is InChI=1S/C13H8F3N3O/c14-6-3-8(15)12(16)10(4-6)19-13-18-9-2-1-7(17)5-11(9)20-13/h1-5H,17H2,(H,18,19). The highest BCUT2D eigenvalue weighted by molar-refractivity contribution is 5.78. The van der Waals surface area contributed by atoms with E-state index >= 15 is 0 Å². The molecule has 2 aromatic carbocycles. The minimum absolute atomic E-state index is 0.0884. The van der Waals surface area contributed by atoms with Gasteiger partial charge in [-0.1, -0.05) is 0 Å². The van der Waals surface area contributed by atoms with Crippen LogP contribution in [0.25, 0.3) is 11.1 Å². The second kappa shape index (κ2) is 4.44. The van der Waals surface area contributed by atoms with Crippen LogP contribution in [0.4, 0.5) is 30.6 Å². The zero-order chi connectivity index (χ0) is 14.3. The van der Waals surface area contributed by atoms with Crippen LogP contribution in [0.5, 0.6) is 0 Å². The summed E-state index contributed by atoms with van der Waals surface area (Å²) in [4.78, 5) is 4.00. The van der Waals surface area contributed by atoms with Gasteiger partial charge in [0, 0.05) is 23.9 Å². The lowest BCUT2D eigenvalue weighted by Crippen LogP contribution is -1.97. The fourth-order valence-corrected chi connectivity index (χ4v) is 1.76. The summed E-state index contributed by atoms with van der Waals surface area (Å²) in [6.45, 7) is 0. The Balaban J connectivity index is 2.01. The molecular formula is C13H8F3N3O. The zero-order valence-electron chi connectivity index (χ0n) is 9.95. The molecule has 3 rings (SSSR count). The van der Waals surface area contributed by atoms with Gasteiger partial charge in [0.1, 0.15) is 11.3 Å². The van der Waals surface area contributed by atoms with Crippen LogP contribution < -0.4 is 11.1 Å². The lowest BCUT2D eigenvalue weighted by molar-refractivity contribution is 0.497. The van der Waals surface area contributed by atoms with Crippen molar-refractivity contribution in [3.05, 3.63) is 47.8 Å². The number of aromatic nitrogens is 1. The first-order valence-corrected chi connectivity index (χ1v) is 5.60. The molecule has 0 radical (unpaired) electrons. The molecule has 3 N–H and O–H groups in total. The number of benzene rings is 2. The van der Waals surface area contributed by atoms with E-state index in [0.29, 0.717) is 22.9 Å². The summed E-state index contributed by atoms with van der Waals surface area (Å²) < 4.78 is 44.9. The molecule has 0 aliphatic rings. The number of hydrogen-bond donors (Lipinski definition) is 2. The first kappa shape index (κ1) is 12.3. The lowest BCUT2D eigenvalue weighted by Gasteiger charge is -2.04. The number of nitrogens with zero attached hydrogens (tertiary/aromatic N) is 1. The number of nitrogens with two attached hydrogens (primary N) is 1. The van der Waals surface area contributed by atoms with Gasteiger partial charge in [-0.2, -0.15) is 4.98 Å². The van der Waals surface area contributed by atoms with E-state index in [0.717, 1.165) is 6.07 Å². The third kappa shape index (κ3) is 2.13. The van der Waals surface area contributed by atoms with Crippen LogP contribution in [0, 0.1) is 17.5 Å². The fourth-order valence-electron chi connectivity index (χ4n) is 1.76. The molecule has 4 nitrogen and oxygen atoms in total. The number of fused-ring (bicyclic) bond motifs is 1. The van der Waals surface area contributed by atoms with Crippen LogP contribution in [-0.4, -0.2) is 4.98 Å². The Labute approximate surface area is 111 Å². The monoisotopic (exact) mass is 279 g/mol. The van der Waals surface area contributed by atoms with Crippen molar-refractivity contribution in [3.8, 4) is 0 Å². The number of anilines is 3. The van der Waals surface area contributed by atoms with E-state index in [4.69, 9.17) is 10.2 Å². The fraction of sp³-hybridized carbons (Fsp3) is 0. The maximum absolute atomic E-state index is 13.5. The highest BCUT2D eigenvalue weighted by Gasteiger charge is 2.14. The first-order chi connectivity index (χ1) is 9.52. The van der Waals surface area contributed by atoms with Crippen molar-refractivity contribution in [2.24, 2.45) is 0 Å². The molecule has 0 fully saturated rings. The number of oxazole rings is 1. The van der Waals surface area contributed by atoms with E-state index in [1.54, 1.807) is 12.1 Å². The largest absolute Gasteiger partial charge is 0.423 e. The summed E-state index contributed by atoms with van der Waals surface area (Å²) in [6.07, 6.45) is 0. The molecule has 0 unspecified atom stereocenters. The van der Waals surface area contributed by atoms with Gasteiger partial charge in [0.15, 0.2) is 17.2 Å². The van der Waals surface area contributed by atoms with Crippen molar-refractivity contribution in [3.63, 3.8) is 0 Å². The number of nitrogens with one attached hydrogen (secondary N) is 1. The molecule has 0 aliphatic carbocycles. The van der Waals surface area contributed by atoms with E-state index in [9.17, 15) is 13.2 Å². The van der Waals surface area contributed by atoms with Gasteiger partial charge in [0.25, 0.3) is 6.01 Å². The molecule has 1 heterocycles. The third-order valence-corrected chi connectivity index (χ3v) is 2.65. The molecule has 0 amide bonds. The van der Waals surface area contributed by atoms with Gasteiger partial charge >= 0.3 is 0 Å². The minimum Gasteiger partial charge on any atom is -0.423 e. The SMILES string of the molecule is Nc1ccc2nc(Nc3cc(F)cc(F)c3F)oc2c1. The van der Waals surface area contributed by atoms with E-state index in [1.165, 1.54) is 6.07 Å². The normalized spacial score (nSPS) is 10.9. The Morgan fingerprint density at radius 3 is 2.70 bits per heavy atom. The molecule has 7 heteroatoms. The molecule has 1 aromatic heterocycles. The van der Waals surface area contributed by atoms with Gasteiger partial charge in [0.05, 0.1) is 5.69 Å². The van der Waals surface area contributed by atoms with Crippen LogP contribution in [0.1, 0.15) is 0 Å². The maximum atomic E-state index is 13.5. The Kier molecular flexibility index (Phi) is 2.74. The summed E-state index contributed by atoms with van der Waals surface area (Å²) in [5.74, 6) is -3.42. The van der Waals surface area contributed by atoms with Crippen molar-refractivity contribution < 1.29 is 17.6 Å². The Hall–Kier alpha value is -2.70. The van der Waals surface area contributed by atoms with E-state index in [1.807, 2.05) is 0 Å². The van der Waals surface area contributed by atoms with Crippen molar-refractivity contribution in [2.45, 2.75) is 0 Å². The first-order valence-electron chi connectivity index (χ1n) is 5.60. The molecule has 0 saturated carbocycles. The Bertz CT molecular complexity index is 801. The molecule has 0 spiro atoms. The summed E-state index contributed by atoms with van der Waals surface area (Å²) in [5.41, 5.74) is 6.52. The van der Waals surface area contributed by atoms with Gasteiger partial charge < -0.3 is 15.5 Å². The maximum Gasteiger partial charge on any atom is 0.300 e. The van der Waals surface area contributed by atoms with Crippen LogP contribution in [0.15, 0.2) is 34.7 Å². The van der Waals surface area contributed by atoms with Gasteiger partial charge in [0.2, 0.25) is 0 Å². The van der Waals surface area contributed by atoms with Crippen LogP contribution >= 0.6 is 0 Å². The summed E-state index contributed by atoms with van der Waals surface area (Å²) in [7, 11) is 0. The quantitative estimate of drug-likeness (QED) is 0.556. The van der Waals surface area contributed by atoms with Gasteiger partial charge in [-0.05, 0) is 12.1 Å². The van der Waals surface area contributed by atoms with Crippen LogP contribution in [0.3, 0.4) is 0 Å². The van der Waals surface area contributed by atoms with Crippen molar-refractivity contribution in [1.82, 2.24) is 4.98 Å². The molecule has 20 heavy (non-hydrogen) atoms. The molecule has 102 valence electrons. The molecule has 0 bridgehead atoms. The second-order valence-electron chi connectivity index (χ2n) is 4.12. The predicted octanol–water partition coefficient (Wildman–Crippen LogP) is 3.57. The van der Waals surface area contributed by atoms with Crippen molar-refractivity contribution in [2.75, 3.05) is 11.1 Å². The number of halogens is 3. The average Bonchev–Trinajstić information content (AvgIpc) is 2.76. The zero-order valence-corrected chi connectivity index (χ0v) is 9.95. The summed E-state index contributed by atoms with van der Waals surface area (Å²) in [6, 6.07) is 5.94. The van der Waals surface area contributed by atoms with E-state index in [-0.39, 0.29) is 6.01 Å². The van der Waals surface area contributed by atoms with Crippen LogP contribution in [0.2, 0.25) is 0 Å².